The minimum Gasteiger partial charge on any atom is -0.396 e. The molecule has 1 heterocycles. The van der Waals surface area contributed by atoms with Crippen molar-refractivity contribution >= 4 is 23.1 Å². The molecule has 16 heavy (non-hydrogen) atoms. The Kier molecular flexibility index (Phi) is 5.15. The van der Waals surface area contributed by atoms with Crippen LogP contribution in [0.2, 0.25) is 0 Å². The number of amides is 1. The Morgan fingerprint density at radius 3 is 2.94 bits per heavy atom. The van der Waals surface area contributed by atoms with Crippen LogP contribution in [-0.2, 0) is 4.79 Å². The van der Waals surface area contributed by atoms with E-state index in [1.54, 1.807) is 6.92 Å². The van der Waals surface area contributed by atoms with Gasteiger partial charge in [-0.2, -0.15) is 0 Å². The topological polar surface area (TPSA) is 66.6 Å². The van der Waals surface area contributed by atoms with E-state index in [0.29, 0.717) is 5.92 Å². The lowest BCUT2D eigenvalue weighted by Crippen LogP contribution is -2.45. The summed E-state index contributed by atoms with van der Waals surface area (Å²) in [6.07, 6.45) is 2.86. The minimum absolute atomic E-state index is 0.0233. The van der Waals surface area contributed by atoms with E-state index in [4.69, 9.17) is 23.1 Å². The summed E-state index contributed by atoms with van der Waals surface area (Å²) in [4.78, 5) is 14.1. The van der Waals surface area contributed by atoms with E-state index in [2.05, 4.69) is 0 Å². The number of aliphatic hydroxyl groups is 1. The molecule has 0 aliphatic carbocycles. The van der Waals surface area contributed by atoms with Crippen LogP contribution >= 0.6 is 12.2 Å². The molecule has 4 nitrogen and oxygen atoms in total. The third-order valence-electron chi connectivity index (χ3n) is 3.17. The molecule has 1 aliphatic rings. The van der Waals surface area contributed by atoms with Gasteiger partial charge in [-0.1, -0.05) is 12.2 Å². The Bertz CT molecular complexity index is 269. The molecule has 5 heteroatoms. The van der Waals surface area contributed by atoms with E-state index in [0.717, 1.165) is 32.4 Å². The van der Waals surface area contributed by atoms with Crippen LogP contribution in [0.3, 0.4) is 0 Å². The number of likely N-dealkylation sites (tertiary alicyclic amines) is 1. The SMILES string of the molecule is CC(C(=O)N1CCCC(CCO)C1)C(N)=S. The maximum atomic E-state index is 12.0. The van der Waals surface area contributed by atoms with Crippen molar-refractivity contribution in [2.24, 2.45) is 17.6 Å². The Labute approximate surface area is 102 Å². The number of thiocarbonyl (C=S) groups is 1. The van der Waals surface area contributed by atoms with Crippen molar-refractivity contribution in [3.05, 3.63) is 0 Å². The summed E-state index contributed by atoms with van der Waals surface area (Å²) in [7, 11) is 0. The minimum atomic E-state index is -0.372. The molecule has 92 valence electrons. The lowest BCUT2D eigenvalue weighted by atomic mass is 9.94. The van der Waals surface area contributed by atoms with Gasteiger partial charge in [0.2, 0.25) is 5.91 Å². The molecular formula is C11H20N2O2S. The molecule has 0 radical (unpaired) electrons. The van der Waals surface area contributed by atoms with E-state index in [1.807, 2.05) is 4.90 Å². The van der Waals surface area contributed by atoms with Crippen molar-refractivity contribution in [3.63, 3.8) is 0 Å². The molecule has 0 bridgehead atoms. The highest BCUT2D eigenvalue weighted by atomic mass is 32.1. The molecule has 1 saturated heterocycles. The van der Waals surface area contributed by atoms with Crippen molar-refractivity contribution in [1.29, 1.82) is 0 Å². The summed E-state index contributed by atoms with van der Waals surface area (Å²) in [6.45, 7) is 3.46. The molecule has 0 aromatic rings. The van der Waals surface area contributed by atoms with E-state index in [-0.39, 0.29) is 23.4 Å². The van der Waals surface area contributed by atoms with Crippen LogP contribution in [0, 0.1) is 11.8 Å². The number of piperidine rings is 1. The van der Waals surface area contributed by atoms with Gasteiger partial charge in [0.05, 0.1) is 10.9 Å². The van der Waals surface area contributed by atoms with Crippen LogP contribution in [0.15, 0.2) is 0 Å². The monoisotopic (exact) mass is 244 g/mol. The molecular weight excluding hydrogens is 224 g/mol. The van der Waals surface area contributed by atoms with Crippen LogP contribution < -0.4 is 5.73 Å². The van der Waals surface area contributed by atoms with Gasteiger partial charge < -0.3 is 15.7 Å². The first kappa shape index (κ1) is 13.4. The number of nitrogens with two attached hydrogens (primary N) is 1. The summed E-state index contributed by atoms with van der Waals surface area (Å²) in [6, 6.07) is 0. The molecule has 1 fully saturated rings. The van der Waals surface area contributed by atoms with Crippen LogP contribution in [0.5, 0.6) is 0 Å². The van der Waals surface area contributed by atoms with Gasteiger partial charge in [0.1, 0.15) is 0 Å². The maximum Gasteiger partial charge on any atom is 0.232 e. The van der Waals surface area contributed by atoms with E-state index >= 15 is 0 Å². The van der Waals surface area contributed by atoms with Gasteiger partial charge in [0, 0.05) is 19.7 Å². The number of carbonyl (C=O) groups is 1. The number of hydrogen-bond donors (Lipinski definition) is 2. The number of nitrogens with zero attached hydrogens (tertiary/aromatic N) is 1. The average Bonchev–Trinajstić information content (AvgIpc) is 2.28. The molecule has 1 aliphatic heterocycles. The molecule has 2 atom stereocenters. The summed E-state index contributed by atoms with van der Waals surface area (Å²) in [5, 5.41) is 8.90. The third-order valence-corrected chi connectivity index (χ3v) is 3.52. The number of rotatable bonds is 4. The largest absolute Gasteiger partial charge is 0.396 e. The Balaban J connectivity index is 2.53. The summed E-state index contributed by atoms with van der Waals surface area (Å²) in [5.74, 6) is 0.0688. The predicted molar refractivity (Wildman–Crippen MR) is 67.0 cm³/mol. The molecule has 3 N–H and O–H groups in total. The summed E-state index contributed by atoms with van der Waals surface area (Å²) < 4.78 is 0. The number of hydrogen-bond acceptors (Lipinski definition) is 3. The van der Waals surface area contributed by atoms with Gasteiger partial charge in [-0.15, -0.1) is 0 Å². The predicted octanol–water partition coefficient (Wildman–Crippen LogP) is 0.530. The molecule has 0 saturated carbocycles. The fourth-order valence-electron chi connectivity index (χ4n) is 2.08. The second kappa shape index (κ2) is 6.15. The first-order chi connectivity index (χ1) is 7.56. The average molecular weight is 244 g/mol. The highest BCUT2D eigenvalue weighted by Gasteiger charge is 2.27. The van der Waals surface area contributed by atoms with Gasteiger partial charge in [-0.05, 0) is 32.1 Å². The Hall–Kier alpha value is -0.680. The van der Waals surface area contributed by atoms with Crippen LogP contribution in [0.4, 0.5) is 0 Å². The second-order valence-corrected chi connectivity index (χ2v) is 4.90. The smallest absolute Gasteiger partial charge is 0.232 e. The van der Waals surface area contributed by atoms with Crippen molar-refractivity contribution in [2.75, 3.05) is 19.7 Å². The lowest BCUT2D eigenvalue weighted by Gasteiger charge is -2.34. The molecule has 0 spiro atoms. The Morgan fingerprint density at radius 1 is 1.69 bits per heavy atom. The zero-order valence-corrected chi connectivity index (χ0v) is 10.5. The lowest BCUT2D eigenvalue weighted by molar-refractivity contribution is -0.134. The number of aliphatic hydroxyl groups excluding tert-OH is 1. The van der Waals surface area contributed by atoms with Crippen LogP contribution in [-0.4, -0.2) is 40.6 Å². The summed E-state index contributed by atoms with van der Waals surface area (Å²) >= 11 is 4.83. The number of carbonyl (C=O) groups excluding carboxylic acids is 1. The van der Waals surface area contributed by atoms with E-state index in [9.17, 15) is 4.79 Å². The van der Waals surface area contributed by atoms with Crippen molar-refractivity contribution in [1.82, 2.24) is 4.90 Å². The first-order valence-corrected chi connectivity index (χ1v) is 6.16. The molecule has 1 rings (SSSR count). The zero-order valence-electron chi connectivity index (χ0n) is 9.69. The van der Waals surface area contributed by atoms with Gasteiger partial charge in [-0.25, -0.2) is 0 Å². The van der Waals surface area contributed by atoms with Crippen LogP contribution in [0.1, 0.15) is 26.2 Å². The van der Waals surface area contributed by atoms with Gasteiger partial charge in [0.15, 0.2) is 0 Å². The van der Waals surface area contributed by atoms with Crippen molar-refractivity contribution < 1.29 is 9.90 Å². The fraction of sp³-hybridized carbons (Fsp3) is 0.818. The summed E-state index contributed by atoms with van der Waals surface area (Å²) in [5.41, 5.74) is 5.48. The molecule has 1 amide bonds. The maximum absolute atomic E-state index is 12.0. The van der Waals surface area contributed by atoms with Gasteiger partial charge in [-0.3, -0.25) is 4.79 Å². The van der Waals surface area contributed by atoms with Gasteiger partial charge >= 0.3 is 0 Å². The molecule has 0 aromatic carbocycles. The highest BCUT2D eigenvalue weighted by Crippen LogP contribution is 2.20. The second-order valence-electron chi connectivity index (χ2n) is 4.43. The quantitative estimate of drug-likeness (QED) is 0.708. The normalized spacial score (nSPS) is 22.9. The fourth-order valence-corrected chi connectivity index (χ4v) is 2.18. The first-order valence-electron chi connectivity index (χ1n) is 5.75. The van der Waals surface area contributed by atoms with Crippen LogP contribution in [0.25, 0.3) is 0 Å². The van der Waals surface area contributed by atoms with Gasteiger partial charge in [0.25, 0.3) is 0 Å². The zero-order chi connectivity index (χ0) is 12.1. The van der Waals surface area contributed by atoms with E-state index < -0.39 is 0 Å². The highest BCUT2D eigenvalue weighted by molar-refractivity contribution is 7.80. The molecule has 0 aromatic heterocycles. The Morgan fingerprint density at radius 2 is 2.38 bits per heavy atom. The third kappa shape index (κ3) is 3.42. The van der Waals surface area contributed by atoms with E-state index in [1.165, 1.54) is 0 Å². The standard InChI is InChI=1S/C11H20N2O2S/c1-8(10(12)16)11(15)13-5-2-3-9(7-13)4-6-14/h8-9,14H,2-7H2,1H3,(H2,12,16). The van der Waals surface area contributed by atoms with Crippen molar-refractivity contribution in [2.45, 2.75) is 26.2 Å². The van der Waals surface area contributed by atoms with Crippen molar-refractivity contribution in [3.8, 4) is 0 Å². The molecule has 2 unspecified atom stereocenters.